The van der Waals surface area contributed by atoms with Crippen molar-refractivity contribution in [3.63, 3.8) is 0 Å². The van der Waals surface area contributed by atoms with Gasteiger partial charge in [0, 0.05) is 0 Å². The quantitative estimate of drug-likeness (QED) is 0.301. The summed E-state index contributed by atoms with van der Waals surface area (Å²) in [5.74, 6) is 0. The molecule has 0 radical (unpaired) electrons. The van der Waals surface area contributed by atoms with Crippen LogP contribution < -0.4 is 0 Å². The number of hydrogen-bond acceptors (Lipinski definition) is 2. The van der Waals surface area contributed by atoms with Crippen molar-refractivity contribution < 1.29 is 10.1 Å². The second-order valence-electron chi connectivity index (χ2n) is 4.85. The fourth-order valence-electron chi connectivity index (χ4n) is 2.18. The lowest BCUT2D eigenvalue weighted by Gasteiger charge is -2.27. The van der Waals surface area contributed by atoms with Gasteiger partial charge in [-0.3, -0.25) is 5.26 Å². The molecular formula is C14H30O2. The molecule has 0 bridgehead atoms. The Morgan fingerprint density at radius 2 is 1.31 bits per heavy atom. The molecule has 0 amide bonds. The van der Waals surface area contributed by atoms with Crippen molar-refractivity contribution in [1.82, 2.24) is 0 Å². The van der Waals surface area contributed by atoms with Crippen molar-refractivity contribution in [3.05, 3.63) is 0 Å². The van der Waals surface area contributed by atoms with Gasteiger partial charge in [0.2, 0.25) is 0 Å². The summed E-state index contributed by atoms with van der Waals surface area (Å²) in [4.78, 5) is 4.68. The topological polar surface area (TPSA) is 29.5 Å². The molecule has 0 fully saturated rings. The molecule has 0 saturated carbocycles. The van der Waals surface area contributed by atoms with E-state index in [0.29, 0.717) is 0 Å². The molecule has 0 saturated heterocycles. The monoisotopic (exact) mass is 230 g/mol. The van der Waals surface area contributed by atoms with Gasteiger partial charge in [0.15, 0.2) is 0 Å². The Morgan fingerprint density at radius 3 is 1.75 bits per heavy atom. The van der Waals surface area contributed by atoms with Gasteiger partial charge in [-0.15, -0.1) is 0 Å². The second-order valence-corrected chi connectivity index (χ2v) is 4.85. The lowest BCUT2D eigenvalue weighted by Crippen LogP contribution is -2.29. The SMILES string of the molecule is CCCCCCCCCC(CC)(CC)OO. The molecule has 0 aliphatic heterocycles. The van der Waals surface area contributed by atoms with Gasteiger partial charge >= 0.3 is 0 Å². The van der Waals surface area contributed by atoms with Crippen molar-refractivity contribution in [2.75, 3.05) is 0 Å². The maximum atomic E-state index is 8.95. The highest BCUT2D eigenvalue weighted by molar-refractivity contribution is 4.75. The van der Waals surface area contributed by atoms with Crippen LogP contribution in [-0.2, 0) is 4.89 Å². The summed E-state index contributed by atoms with van der Waals surface area (Å²) in [6.07, 6.45) is 12.0. The van der Waals surface area contributed by atoms with Crippen molar-refractivity contribution in [1.29, 1.82) is 0 Å². The molecule has 0 aliphatic rings. The second kappa shape index (κ2) is 10.1. The average Bonchev–Trinajstić information content (AvgIpc) is 2.34. The largest absolute Gasteiger partial charge is 0.251 e. The summed E-state index contributed by atoms with van der Waals surface area (Å²) in [6.45, 7) is 6.41. The number of hydrogen-bond donors (Lipinski definition) is 1. The highest BCUT2D eigenvalue weighted by Crippen LogP contribution is 2.26. The Morgan fingerprint density at radius 1 is 0.812 bits per heavy atom. The van der Waals surface area contributed by atoms with Gasteiger partial charge in [-0.2, -0.15) is 0 Å². The van der Waals surface area contributed by atoms with Crippen molar-refractivity contribution in [2.45, 2.75) is 90.6 Å². The van der Waals surface area contributed by atoms with Crippen LogP contribution in [0.2, 0.25) is 0 Å². The van der Waals surface area contributed by atoms with E-state index in [4.69, 9.17) is 5.26 Å². The molecule has 0 unspecified atom stereocenters. The third-order valence-electron chi connectivity index (χ3n) is 3.72. The first-order chi connectivity index (χ1) is 7.74. The molecule has 98 valence electrons. The van der Waals surface area contributed by atoms with Crippen LogP contribution in [-0.4, -0.2) is 10.9 Å². The molecule has 0 rings (SSSR count). The normalized spacial score (nSPS) is 12.0. The first kappa shape index (κ1) is 15.9. The van der Waals surface area contributed by atoms with Crippen LogP contribution in [0.25, 0.3) is 0 Å². The molecular weight excluding hydrogens is 200 g/mol. The third kappa shape index (κ3) is 6.49. The van der Waals surface area contributed by atoms with Crippen LogP contribution >= 0.6 is 0 Å². The standard InChI is InChI=1S/C14H30O2/c1-4-7-8-9-10-11-12-13-14(5-2,6-3)16-15/h15H,4-13H2,1-3H3. The Balaban J connectivity index is 3.48. The molecule has 0 atom stereocenters. The highest BCUT2D eigenvalue weighted by atomic mass is 17.1. The van der Waals surface area contributed by atoms with Crippen LogP contribution in [0, 0.1) is 0 Å². The van der Waals surface area contributed by atoms with E-state index >= 15 is 0 Å². The predicted molar refractivity (Wildman–Crippen MR) is 69.6 cm³/mol. The third-order valence-corrected chi connectivity index (χ3v) is 3.72. The maximum Gasteiger partial charge on any atom is 0.103 e. The zero-order valence-corrected chi connectivity index (χ0v) is 11.4. The molecule has 2 nitrogen and oxygen atoms in total. The van der Waals surface area contributed by atoms with Crippen LogP contribution in [0.15, 0.2) is 0 Å². The minimum Gasteiger partial charge on any atom is -0.251 e. The Labute approximate surface area is 101 Å². The van der Waals surface area contributed by atoms with Crippen molar-refractivity contribution in [3.8, 4) is 0 Å². The number of unbranched alkanes of at least 4 members (excludes halogenated alkanes) is 6. The van der Waals surface area contributed by atoms with Crippen LogP contribution in [0.4, 0.5) is 0 Å². The molecule has 16 heavy (non-hydrogen) atoms. The van der Waals surface area contributed by atoms with E-state index in [0.717, 1.165) is 19.3 Å². The summed E-state index contributed by atoms with van der Waals surface area (Å²) >= 11 is 0. The molecule has 0 spiro atoms. The molecule has 1 N–H and O–H groups in total. The van der Waals surface area contributed by atoms with E-state index in [-0.39, 0.29) is 5.60 Å². The lowest BCUT2D eigenvalue weighted by atomic mass is 9.90. The summed E-state index contributed by atoms with van der Waals surface area (Å²) < 4.78 is 0. The van der Waals surface area contributed by atoms with Crippen molar-refractivity contribution in [2.24, 2.45) is 0 Å². The van der Waals surface area contributed by atoms with Crippen molar-refractivity contribution >= 4 is 0 Å². The smallest absolute Gasteiger partial charge is 0.103 e. The predicted octanol–water partition coefficient (Wildman–Crippen LogP) is 5.18. The molecule has 0 aromatic rings. The summed E-state index contributed by atoms with van der Waals surface area (Å²) in [5, 5.41) is 8.95. The molecule has 0 aliphatic carbocycles. The van der Waals surface area contributed by atoms with E-state index in [9.17, 15) is 0 Å². The van der Waals surface area contributed by atoms with E-state index in [1.54, 1.807) is 0 Å². The van der Waals surface area contributed by atoms with Gasteiger partial charge in [0.25, 0.3) is 0 Å². The van der Waals surface area contributed by atoms with Crippen LogP contribution in [0.5, 0.6) is 0 Å². The van der Waals surface area contributed by atoms with E-state index in [1.165, 1.54) is 44.9 Å². The summed E-state index contributed by atoms with van der Waals surface area (Å²) in [5.41, 5.74) is -0.274. The fourth-order valence-corrected chi connectivity index (χ4v) is 2.18. The van der Waals surface area contributed by atoms with Gasteiger partial charge < -0.3 is 0 Å². The minimum absolute atomic E-state index is 0.274. The van der Waals surface area contributed by atoms with E-state index in [2.05, 4.69) is 25.7 Å². The average molecular weight is 230 g/mol. The maximum absolute atomic E-state index is 8.95. The Hall–Kier alpha value is -0.0800. The Kier molecular flexibility index (Phi) is 10.0. The number of rotatable bonds is 11. The van der Waals surface area contributed by atoms with Gasteiger partial charge in [-0.1, -0.05) is 65.7 Å². The first-order valence-electron chi connectivity index (χ1n) is 7.07. The summed E-state index contributed by atoms with van der Waals surface area (Å²) in [7, 11) is 0. The minimum atomic E-state index is -0.274. The lowest BCUT2D eigenvalue weighted by molar-refractivity contribution is -0.327. The summed E-state index contributed by atoms with van der Waals surface area (Å²) in [6, 6.07) is 0. The van der Waals surface area contributed by atoms with Gasteiger partial charge in [0.05, 0.1) is 0 Å². The molecule has 0 aromatic heterocycles. The van der Waals surface area contributed by atoms with E-state index in [1.807, 2.05) is 0 Å². The Bertz CT molecular complexity index is 133. The zero-order valence-electron chi connectivity index (χ0n) is 11.4. The highest BCUT2D eigenvalue weighted by Gasteiger charge is 2.26. The van der Waals surface area contributed by atoms with Gasteiger partial charge in [-0.25, -0.2) is 4.89 Å². The molecule has 0 heterocycles. The molecule has 0 aromatic carbocycles. The first-order valence-corrected chi connectivity index (χ1v) is 7.07. The zero-order chi connectivity index (χ0) is 12.3. The molecule has 2 heteroatoms. The van der Waals surface area contributed by atoms with Gasteiger partial charge in [0.1, 0.15) is 5.60 Å². The van der Waals surface area contributed by atoms with Crippen LogP contribution in [0.1, 0.15) is 85.0 Å². The van der Waals surface area contributed by atoms with Gasteiger partial charge in [-0.05, 0) is 19.3 Å². The van der Waals surface area contributed by atoms with E-state index < -0.39 is 0 Å². The fraction of sp³-hybridized carbons (Fsp3) is 1.00. The van der Waals surface area contributed by atoms with Crippen LogP contribution in [0.3, 0.4) is 0 Å².